The average molecular weight is 409 g/mol. The Kier molecular flexibility index (Phi) is 5.24. The number of amides is 1. The van der Waals surface area contributed by atoms with Crippen molar-refractivity contribution < 1.29 is 14.3 Å². The summed E-state index contributed by atoms with van der Waals surface area (Å²) in [7, 11) is 0. The third kappa shape index (κ3) is 4.03. The lowest BCUT2D eigenvalue weighted by molar-refractivity contribution is 0.0910. The van der Waals surface area contributed by atoms with Crippen molar-refractivity contribution in [1.82, 2.24) is 4.98 Å². The summed E-state index contributed by atoms with van der Waals surface area (Å²) in [6.07, 6.45) is 1.00. The number of aryl methyl sites for hydroxylation is 1. The first-order chi connectivity index (χ1) is 14.2. The number of pyridine rings is 1. The van der Waals surface area contributed by atoms with Crippen LogP contribution in [-0.2, 0) is 11.2 Å². The number of aromatic nitrogens is 1. The van der Waals surface area contributed by atoms with Gasteiger partial charge < -0.3 is 19.9 Å². The summed E-state index contributed by atoms with van der Waals surface area (Å²) in [4.78, 5) is 42.9. The van der Waals surface area contributed by atoms with Gasteiger partial charge in [0.25, 0.3) is 11.5 Å². The number of aromatic amines is 1. The Bertz CT molecular complexity index is 1060. The highest BCUT2D eigenvalue weighted by Crippen LogP contribution is 2.33. The number of nitrogens with one attached hydrogen (secondary N) is 2. The molecule has 7 heteroatoms. The first-order valence-corrected chi connectivity index (χ1v) is 10.3. The molecule has 1 fully saturated rings. The molecule has 0 unspecified atom stereocenters. The van der Waals surface area contributed by atoms with Gasteiger partial charge in [0, 0.05) is 42.1 Å². The van der Waals surface area contributed by atoms with E-state index in [9.17, 15) is 14.4 Å². The second kappa shape index (κ2) is 7.72. The molecule has 1 aliphatic carbocycles. The lowest BCUT2D eigenvalue weighted by Gasteiger charge is -2.30. The number of morpholine rings is 1. The van der Waals surface area contributed by atoms with E-state index in [1.165, 1.54) is 6.07 Å². The quantitative estimate of drug-likeness (QED) is 0.813. The molecule has 0 radical (unpaired) electrons. The molecule has 4 rings (SSSR count). The van der Waals surface area contributed by atoms with Crippen LogP contribution in [0, 0.1) is 12.3 Å². The van der Waals surface area contributed by atoms with Crippen LogP contribution in [0.4, 0.5) is 11.4 Å². The van der Waals surface area contributed by atoms with Gasteiger partial charge in [0.2, 0.25) is 0 Å². The van der Waals surface area contributed by atoms with Crippen molar-refractivity contribution in [3.63, 3.8) is 0 Å². The Hall–Kier alpha value is -2.93. The van der Waals surface area contributed by atoms with Crippen molar-refractivity contribution in [3.8, 4) is 0 Å². The van der Waals surface area contributed by atoms with E-state index < -0.39 is 11.5 Å². The Morgan fingerprint density at radius 3 is 2.57 bits per heavy atom. The molecule has 30 heavy (non-hydrogen) atoms. The first kappa shape index (κ1) is 20.3. The fraction of sp³-hybridized carbons (Fsp3) is 0.435. The number of Topliss-reactive ketones (excluding diaryl/α,β-unsaturated/α-hetero) is 1. The second-order valence-electron chi connectivity index (χ2n) is 8.90. The maximum Gasteiger partial charge on any atom is 0.261 e. The van der Waals surface area contributed by atoms with Crippen molar-refractivity contribution in [2.45, 2.75) is 33.6 Å². The second-order valence-corrected chi connectivity index (χ2v) is 8.90. The van der Waals surface area contributed by atoms with E-state index in [-0.39, 0.29) is 16.8 Å². The molecule has 0 saturated carbocycles. The Morgan fingerprint density at radius 1 is 1.13 bits per heavy atom. The van der Waals surface area contributed by atoms with Crippen molar-refractivity contribution in [2.75, 3.05) is 36.5 Å². The minimum Gasteiger partial charge on any atom is -0.378 e. The minimum atomic E-state index is -0.515. The summed E-state index contributed by atoms with van der Waals surface area (Å²) >= 11 is 0. The number of carbonyl (C=O) groups excluding carboxylic acids is 2. The maximum absolute atomic E-state index is 12.8. The number of ketones is 1. The summed E-state index contributed by atoms with van der Waals surface area (Å²) in [5.74, 6) is -0.559. The number of fused-ring (bicyclic) bond motifs is 1. The van der Waals surface area contributed by atoms with Crippen molar-refractivity contribution >= 4 is 23.1 Å². The molecule has 0 atom stereocenters. The van der Waals surface area contributed by atoms with Crippen LogP contribution in [0.3, 0.4) is 0 Å². The molecule has 1 aromatic heterocycles. The lowest BCUT2D eigenvalue weighted by Crippen LogP contribution is -2.36. The van der Waals surface area contributed by atoms with Crippen LogP contribution in [0.5, 0.6) is 0 Å². The molecule has 2 aliphatic rings. The van der Waals surface area contributed by atoms with E-state index in [4.69, 9.17) is 4.74 Å². The molecule has 7 nitrogen and oxygen atoms in total. The highest BCUT2D eigenvalue weighted by Gasteiger charge is 2.32. The van der Waals surface area contributed by atoms with Crippen LogP contribution in [0.2, 0.25) is 0 Å². The Balaban J connectivity index is 1.56. The number of H-pyrrole nitrogens is 1. The molecule has 1 saturated heterocycles. The average Bonchev–Trinajstić information content (AvgIpc) is 2.68. The highest BCUT2D eigenvalue weighted by atomic mass is 16.5. The summed E-state index contributed by atoms with van der Waals surface area (Å²) < 4.78 is 5.39. The molecule has 2 aromatic rings. The molecule has 158 valence electrons. The molecule has 1 amide bonds. The Labute approximate surface area is 175 Å². The van der Waals surface area contributed by atoms with Gasteiger partial charge in [-0.05, 0) is 48.6 Å². The predicted molar refractivity (Wildman–Crippen MR) is 116 cm³/mol. The zero-order valence-electron chi connectivity index (χ0n) is 17.6. The summed E-state index contributed by atoms with van der Waals surface area (Å²) in [5.41, 5.74) is 2.96. The van der Waals surface area contributed by atoms with Gasteiger partial charge in [-0.3, -0.25) is 14.4 Å². The van der Waals surface area contributed by atoms with E-state index in [0.29, 0.717) is 43.0 Å². The standard InChI is InChI=1S/C23H27N3O4/c1-14-10-15(26-6-8-30-9-7-26)4-5-18(14)24-21(28)17-11-16-19(25-22(17)29)12-23(2,3)13-20(16)27/h4-5,10-11H,6-9,12-13H2,1-3H3,(H,24,28)(H,25,29). The molecular formula is C23H27N3O4. The van der Waals surface area contributed by atoms with Gasteiger partial charge in [-0.15, -0.1) is 0 Å². The smallest absolute Gasteiger partial charge is 0.261 e. The van der Waals surface area contributed by atoms with Crippen LogP contribution in [0.15, 0.2) is 29.1 Å². The van der Waals surface area contributed by atoms with E-state index in [2.05, 4.69) is 15.2 Å². The van der Waals surface area contributed by atoms with Gasteiger partial charge >= 0.3 is 0 Å². The number of nitrogens with zero attached hydrogens (tertiary/aromatic N) is 1. The van der Waals surface area contributed by atoms with Crippen molar-refractivity contribution in [1.29, 1.82) is 0 Å². The van der Waals surface area contributed by atoms with Crippen LogP contribution in [-0.4, -0.2) is 43.0 Å². The highest BCUT2D eigenvalue weighted by molar-refractivity contribution is 6.07. The minimum absolute atomic E-state index is 0.0431. The van der Waals surface area contributed by atoms with Gasteiger partial charge in [0.15, 0.2) is 5.78 Å². The van der Waals surface area contributed by atoms with Gasteiger partial charge in [0.1, 0.15) is 5.56 Å². The number of hydrogen-bond donors (Lipinski definition) is 2. The van der Waals surface area contributed by atoms with Gasteiger partial charge in [0.05, 0.1) is 13.2 Å². The number of anilines is 2. The number of hydrogen-bond acceptors (Lipinski definition) is 5. The van der Waals surface area contributed by atoms with Crippen molar-refractivity contribution in [2.24, 2.45) is 5.41 Å². The van der Waals surface area contributed by atoms with Crippen LogP contribution in [0.25, 0.3) is 0 Å². The molecule has 0 spiro atoms. The predicted octanol–water partition coefficient (Wildman–Crippen LogP) is 2.93. The van der Waals surface area contributed by atoms with Crippen LogP contribution < -0.4 is 15.8 Å². The number of ether oxygens (including phenoxy) is 1. The van der Waals surface area contributed by atoms with Gasteiger partial charge in [-0.2, -0.15) is 0 Å². The molecule has 1 aromatic carbocycles. The first-order valence-electron chi connectivity index (χ1n) is 10.3. The normalized spacial score (nSPS) is 18.1. The largest absolute Gasteiger partial charge is 0.378 e. The Morgan fingerprint density at radius 2 is 1.87 bits per heavy atom. The van der Waals surface area contributed by atoms with Gasteiger partial charge in [-0.25, -0.2) is 0 Å². The zero-order chi connectivity index (χ0) is 21.5. The van der Waals surface area contributed by atoms with Crippen molar-refractivity contribution in [3.05, 3.63) is 57.0 Å². The van der Waals surface area contributed by atoms with Gasteiger partial charge in [-0.1, -0.05) is 13.8 Å². The summed E-state index contributed by atoms with van der Waals surface area (Å²) in [5, 5.41) is 2.82. The molecule has 0 bridgehead atoms. The van der Waals surface area contributed by atoms with E-state index >= 15 is 0 Å². The topological polar surface area (TPSA) is 91.5 Å². The third-order valence-corrected chi connectivity index (χ3v) is 5.80. The lowest BCUT2D eigenvalue weighted by atomic mass is 9.75. The summed E-state index contributed by atoms with van der Waals surface area (Å²) in [6, 6.07) is 7.26. The fourth-order valence-corrected chi connectivity index (χ4v) is 4.19. The zero-order valence-corrected chi connectivity index (χ0v) is 17.6. The van der Waals surface area contributed by atoms with E-state index in [1.54, 1.807) is 0 Å². The van der Waals surface area contributed by atoms with Crippen LogP contribution in [0.1, 0.15) is 52.2 Å². The van der Waals surface area contributed by atoms with E-state index in [0.717, 1.165) is 24.3 Å². The molecule has 2 N–H and O–H groups in total. The van der Waals surface area contributed by atoms with E-state index in [1.807, 2.05) is 39.0 Å². The SMILES string of the molecule is Cc1cc(N2CCOCC2)ccc1NC(=O)c1cc2c([nH]c1=O)CC(C)(C)CC2=O. The fourth-order valence-electron chi connectivity index (χ4n) is 4.19. The molecular weight excluding hydrogens is 382 g/mol. The maximum atomic E-state index is 12.8. The monoisotopic (exact) mass is 409 g/mol. The van der Waals surface area contributed by atoms with Crippen LogP contribution >= 0.6 is 0 Å². The summed E-state index contributed by atoms with van der Waals surface area (Å²) in [6.45, 7) is 8.98. The molecule has 2 heterocycles. The number of rotatable bonds is 3. The number of carbonyl (C=O) groups is 2. The third-order valence-electron chi connectivity index (χ3n) is 5.80. The number of benzene rings is 1. The molecule has 1 aliphatic heterocycles.